The van der Waals surface area contributed by atoms with Gasteiger partial charge in [-0.05, 0) is 31.3 Å². The molecule has 84 valence electrons. The van der Waals surface area contributed by atoms with E-state index in [9.17, 15) is 4.79 Å². The molecule has 1 heterocycles. The van der Waals surface area contributed by atoms with E-state index in [0.717, 1.165) is 9.47 Å². The zero-order valence-electron chi connectivity index (χ0n) is 8.69. The van der Waals surface area contributed by atoms with Gasteiger partial charge in [-0.15, -0.1) is 11.3 Å². The number of hydrogen-bond donors (Lipinski definition) is 2. The highest BCUT2D eigenvalue weighted by atomic mass is 32.1. The molecule has 0 amide bonds. The first-order valence-electron chi connectivity index (χ1n) is 4.47. The number of aliphatic carboxylic acids is 1. The van der Waals surface area contributed by atoms with Gasteiger partial charge in [-0.1, -0.05) is 18.7 Å². The lowest BCUT2D eigenvalue weighted by atomic mass is 10.3. The van der Waals surface area contributed by atoms with E-state index in [1.54, 1.807) is 11.3 Å². The summed E-state index contributed by atoms with van der Waals surface area (Å²) in [7, 11) is 0. The minimum absolute atomic E-state index is 0.176. The van der Waals surface area contributed by atoms with E-state index in [-0.39, 0.29) is 5.57 Å². The molecule has 0 aliphatic carbocycles. The van der Waals surface area contributed by atoms with E-state index in [4.69, 9.17) is 17.3 Å². The van der Waals surface area contributed by atoms with Crippen molar-refractivity contribution in [3.63, 3.8) is 0 Å². The number of thiazole rings is 1. The molecule has 0 saturated heterocycles. The first-order chi connectivity index (χ1) is 7.50. The summed E-state index contributed by atoms with van der Waals surface area (Å²) in [6.45, 7) is 4.60. The van der Waals surface area contributed by atoms with Crippen LogP contribution in [0.4, 0.5) is 0 Å². The Morgan fingerprint density at radius 1 is 1.50 bits per heavy atom. The van der Waals surface area contributed by atoms with Crippen molar-refractivity contribution in [2.75, 3.05) is 0 Å². The highest BCUT2D eigenvalue weighted by molar-refractivity contribution is 7.73. The Hall–Kier alpha value is -1.46. The molecule has 1 aromatic carbocycles. The van der Waals surface area contributed by atoms with Crippen molar-refractivity contribution in [1.29, 1.82) is 0 Å². The molecule has 2 aromatic rings. The van der Waals surface area contributed by atoms with Gasteiger partial charge in [-0.25, -0.2) is 4.79 Å². The molecule has 1 aromatic heterocycles. The van der Waals surface area contributed by atoms with Crippen LogP contribution in [0.5, 0.6) is 0 Å². The Morgan fingerprint density at radius 2 is 2.06 bits per heavy atom. The van der Waals surface area contributed by atoms with Gasteiger partial charge in [0.25, 0.3) is 0 Å². The van der Waals surface area contributed by atoms with E-state index in [0.29, 0.717) is 0 Å². The highest BCUT2D eigenvalue weighted by Gasteiger charge is 1.91. The van der Waals surface area contributed by atoms with Gasteiger partial charge in [0.2, 0.25) is 0 Å². The van der Waals surface area contributed by atoms with Crippen molar-refractivity contribution >= 4 is 39.7 Å². The minimum atomic E-state index is -0.935. The van der Waals surface area contributed by atoms with Gasteiger partial charge < -0.3 is 10.1 Å². The van der Waals surface area contributed by atoms with Gasteiger partial charge in [0.1, 0.15) is 0 Å². The zero-order chi connectivity index (χ0) is 12.1. The second kappa shape index (κ2) is 5.58. The molecule has 0 saturated carbocycles. The number of carboxylic acids is 1. The topological polar surface area (TPSA) is 53.1 Å². The fourth-order valence-corrected chi connectivity index (χ4v) is 2.01. The molecule has 0 aliphatic rings. The summed E-state index contributed by atoms with van der Waals surface area (Å²) in [6, 6.07) is 8.11. The number of H-pyrrole nitrogens is 1. The molecule has 2 rings (SSSR count). The Balaban J connectivity index is 0.000000187. The van der Waals surface area contributed by atoms with Gasteiger partial charge in [0, 0.05) is 5.57 Å². The van der Waals surface area contributed by atoms with E-state index < -0.39 is 5.97 Å². The lowest BCUT2D eigenvalue weighted by Crippen LogP contribution is -1.92. The van der Waals surface area contributed by atoms with Gasteiger partial charge in [-0.3, -0.25) is 0 Å². The van der Waals surface area contributed by atoms with Crippen molar-refractivity contribution in [1.82, 2.24) is 4.98 Å². The Kier molecular flexibility index (Phi) is 4.39. The quantitative estimate of drug-likeness (QED) is 0.603. The number of rotatable bonds is 1. The smallest absolute Gasteiger partial charge is 0.330 e. The molecule has 0 spiro atoms. The molecule has 16 heavy (non-hydrogen) atoms. The molecule has 3 nitrogen and oxygen atoms in total. The standard InChI is InChI=1S/C7H5NS2.C4H6O2/c9-7-8-5-3-1-2-4-6(5)10-7;1-3(2)4(5)6/h1-4H,(H,8,9);1H2,2H3,(H,5,6). The van der Waals surface area contributed by atoms with Gasteiger partial charge in [0.15, 0.2) is 3.95 Å². The summed E-state index contributed by atoms with van der Waals surface area (Å²) in [5.41, 5.74) is 1.31. The van der Waals surface area contributed by atoms with E-state index >= 15 is 0 Å². The largest absolute Gasteiger partial charge is 0.478 e. The Bertz CT molecular complexity index is 520. The number of nitrogens with one attached hydrogen (secondary N) is 1. The summed E-state index contributed by atoms with van der Waals surface area (Å²) < 4.78 is 2.08. The second-order valence-electron chi connectivity index (χ2n) is 3.10. The van der Waals surface area contributed by atoms with Crippen molar-refractivity contribution in [2.45, 2.75) is 6.92 Å². The monoisotopic (exact) mass is 253 g/mol. The maximum absolute atomic E-state index is 9.60. The predicted octanol–water partition coefficient (Wildman–Crippen LogP) is 3.61. The average Bonchev–Trinajstić information content (AvgIpc) is 2.58. The van der Waals surface area contributed by atoms with Crippen LogP contribution in [0.15, 0.2) is 36.4 Å². The molecule has 0 atom stereocenters. The van der Waals surface area contributed by atoms with Crippen LogP contribution in [-0.4, -0.2) is 16.1 Å². The lowest BCUT2D eigenvalue weighted by molar-refractivity contribution is -0.132. The third-order valence-electron chi connectivity index (χ3n) is 1.69. The van der Waals surface area contributed by atoms with Crippen LogP contribution in [0.25, 0.3) is 10.2 Å². The van der Waals surface area contributed by atoms with Gasteiger partial charge in [0.05, 0.1) is 10.2 Å². The van der Waals surface area contributed by atoms with Crippen LogP contribution in [-0.2, 0) is 4.79 Å². The van der Waals surface area contributed by atoms with Crippen molar-refractivity contribution in [3.8, 4) is 0 Å². The fraction of sp³-hybridized carbons (Fsp3) is 0.0909. The number of benzene rings is 1. The van der Waals surface area contributed by atoms with Crippen LogP contribution in [0.3, 0.4) is 0 Å². The number of carbonyl (C=O) groups is 1. The third kappa shape index (κ3) is 3.60. The molecule has 0 radical (unpaired) electrons. The van der Waals surface area contributed by atoms with E-state index in [1.165, 1.54) is 11.6 Å². The van der Waals surface area contributed by atoms with Crippen LogP contribution in [0.2, 0.25) is 0 Å². The summed E-state index contributed by atoms with van der Waals surface area (Å²) in [5.74, 6) is -0.935. The summed E-state index contributed by atoms with van der Waals surface area (Å²) >= 11 is 6.59. The molecule has 0 aliphatic heterocycles. The predicted molar refractivity (Wildman–Crippen MR) is 69.5 cm³/mol. The average molecular weight is 253 g/mol. The normalized spacial score (nSPS) is 9.31. The van der Waals surface area contributed by atoms with Gasteiger partial charge in [-0.2, -0.15) is 0 Å². The van der Waals surface area contributed by atoms with E-state index in [2.05, 4.69) is 17.6 Å². The molecule has 0 unspecified atom stereocenters. The molecule has 0 fully saturated rings. The summed E-state index contributed by atoms with van der Waals surface area (Å²) in [6.07, 6.45) is 0. The first kappa shape index (κ1) is 12.6. The van der Waals surface area contributed by atoms with Crippen molar-refractivity contribution in [2.24, 2.45) is 0 Å². The zero-order valence-corrected chi connectivity index (χ0v) is 10.3. The number of fused-ring (bicyclic) bond motifs is 1. The van der Waals surface area contributed by atoms with Crippen LogP contribution in [0, 0.1) is 3.95 Å². The first-order valence-corrected chi connectivity index (χ1v) is 5.70. The molecular formula is C11H11NO2S2. The van der Waals surface area contributed by atoms with Gasteiger partial charge >= 0.3 is 5.97 Å². The summed E-state index contributed by atoms with van der Waals surface area (Å²) in [5, 5.41) is 7.89. The molecule has 0 bridgehead atoms. The summed E-state index contributed by atoms with van der Waals surface area (Å²) in [4.78, 5) is 12.7. The molecule has 5 heteroatoms. The number of carboxylic acid groups (broad SMARTS) is 1. The Morgan fingerprint density at radius 3 is 2.56 bits per heavy atom. The van der Waals surface area contributed by atoms with Crippen molar-refractivity contribution < 1.29 is 9.90 Å². The van der Waals surface area contributed by atoms with Crippen molar-refractivity contribution in [3.05, 3.63) is 40.4 Å². The number of aromatic nitrogens is 1. The van der Waals surface area contributed by atoms with Crippen LogP contribution >= 0.6 is 23.6 Å². The minimum Gasteiger partial charge on any atom is -0.478 e. The molecular weight excluding hydrogens is 242 g/mol. The second-order valence-corrected chi connectivity index (χ2v) is 4.82. The third-order valence-corrected chi connectivity index (χ3v) is 2.91. The maximum Gasteiger partial charge on any atom is 0.330 e. The number of para-hydroxylation sites is 1. The maximum atomic E-state index is 9.60. The fourth-order valence-electron chi connectivity index (χ4n) is 0.894. The number of aromatic amines is 1. The highest BCUT2D eigenvalue weighted by Crippen LogP contribution is 2.17. The Labute approximate surface area is 102 Å². The van der Waals surface area contributed by atoms with E-state index in [1.807, 2.05) is 18.2 Å². The SMILES string of the molecule is C=C(C)C(=O)O.S=c1[nH]c2ccccc2s1. The number of hydrogen-bond acceptors (Lipinski definition) is 3. The van der Waals surface area contributed by atoms with Crippen LogP contribution in [0.1, 0.15) is 6.92 Å². The van der Waals surface area contributed by atoms with Crippen LogP contribution < -0.4 is 0 Å². The molecule has 2 N–H and O–H groups in total. The lowest BCUT2D eigenvalue weighted by Gasteiger charge is -1.81.